The van der Waals surface area contributed by atoms with E-state index in [0.29, 0.717) is 35.1 Å². The zero-order valence-electron chi connectivity index (χ0n) is 12.6. The molecule has 2 aromatic rings. The molecule has 0 aliphatic heterocycles. The quantitative estimate of drug-likeness (QED) is 0.854. The third kappa shape index (κ3) is 3.99. The highest BCUT2D eigenvalue weighted by Crippen LogP contribution is 2.19. The predicted octanol–water partition coefficient (Wildman–Crippen LogP) is 1.81. The molecular weight excluding hydrogens is 287 g/mol. The number of benzene rings is 1. The Labute approximate surface area is 128 Å². The molecule has 118 valence electrons. The van der Waals surface area contributed by atoms with Gasteiger partial charge in [-0.15, -0.1) is 0 Å². The van der Waals surface area contributed by atoms with Gasteiger partial charge in [-0.3, -0.25) is 9.78 Å². The molecule has 1 heterocycles. The number of carbonyl (C=O) groups is 1. The first-order valence-electron chi connectivity index (χ1n) is 7.03. The fourth-order valence-electron chi connectivity index (χ4n) is 2.25. The van der Waals surface area contributed by atoms with Crippen LogP contribution in [0.3, 0.4) is 0 Å². The molecule has 1 aromatic heterocycles. The van der Waals surface area contributed by atoms with Crippen molar-refractivity contribution in [2.45, 2.75) is 19.4 Å². The van der Waals surface area contributed by atoms with Gasteiger partial charge < -0.3 is 15.2 Å². The van der Waals surface area contributed by atoms with Crippen molar-refractivity contribution in [3.05, 3.63) is 41.3 Å². The van der Waals surface area contributed by atoms with Crippen LogP contribution in [0.15, 0.2) is 24.3 Å². The lowest BCUT2D eigenvalue weighted by Gasteiger charge is -2.11. The van der Waals surface area contributed by atoms with Gasteiger partial charge in [0.25, 0.3) is 5.91 Å². The zero-order chi connectivity index (χ0) is 16.1. The van der Waals surface area contributed by atoms with Crippen molar-refractivity contribution in [1.29, 1.82) is 0 Å². The molecule has 5 nitrogen and oxygen atoms in total. The summed E-state index contributed by atoms with van der Waals surface area (Å²) in [5.74, 6) is -0.661. The highest BCUT2D eigenvalue weighted by molar-refractivity contribution is 6.06. The molecule has 6 heteroatoms. The second kappa shape index (κ2) is 7.29. The van der Waals surface area contributed by atoms with Crippen LogP contribution in [0.25, 0.3) is 10.9 Å². The Kier molecular flexibility index (Phi) is 5.41. The summed E-state index contributed by atoms with van der Waals surface area (Å²) in [5.41, 5.74) is 1.54. The molecule has 0 saturated carbocycles. The number of rotatable bonds is 6. The monoisotopic (exact) mass is 306 g/mol. The Hall–Kier alpha value is -2.05. The molecule has 0 aliphatic rings. The fourth-order valence-corrected chi connectivity index (χ4v) is 2.25. The lowest BCUT2D eigenvalue weighted by Crippen LogP contribution is -2.28. The summed E-state index contributed by atoms with van der Waals surface area (Å²) in [5, 5.41) is 12.9. The summed E-state index contributed by atoms with van der Waals surface area (Å²) >= 11 is 0. The highest BCUT2D eigenvalue weighted by Gasteiger charge is 2.13. The van der Waals surface area contributed by atoms with Crippen LogP contribution in [-0.4, -0.2) is 42.4 Å². The number of pyridine rings is 1. The van der Waals surface area contributed by atoms with Gasteiger partial charge >= 0.3 is 0 Å². The summed E-state index contributed by atoms with van der Waals surface area (Å²) in [6, 6.07) is 5.83. The van der Waals surface area contributed by atoms with Crippen LogP contribution in [0.1, 0.15) is 22.5 Å². The van der Waals surface area contributed by atoms with Gasteiger partial charge in [0.15, 0.2) is 0 Å². The number of hydrogen-bond acceptors (Lipinski definition) is 4. The van der Waals surface area contributed by atoms with E-state index in [1.165, 1.54) is 19.2 Å². The van der Waals surface area contributed by atoms with Crippen LogP contribution in [0.4, 0.5) is 4.39 Å². The Balaban J connectivity index is 2.14. The van der Waals surface area contributed by atoms with E-state index < -0.39 is 6.10 Å². The van der Waals surface area contributed by atoms with E-state index in [-0.39, 0.29) is 18.3 Å². The number of aliphatic hydroxyl groups excluding tert-OH is 1. The average molecular weight is 306 g/mol. The largest absolute Gasteiger partial charge is 0.391 e. The van der Waals surface area contributed by atoms with Crippen LogP contribution >= 0.6 is 0 Å². The molecule has 22 heavy (non-hydrogen) atoms. The predicted molar refractivity (Wildman–Crippen MR) is 81.3 cm³/mol. The molecule has 1 aromatic carbocycles. The molecular formula is C16H19FN2O3. The number of halogens is 1. The van der Waals surface area contributed by atoms with Crippen molar-refractivity contribution in [2.75, 3.05) is 20.3 Å². The van der Waals surface area contributed by atoms with E-state index in [1.807, 2.05) is 0 Å². The maximum Gasteiger partial charge on any atom is 0.252 e. The van der Waals surface area contributed by atoms with Crippen LogP contribution in [0.2, 0.25) is 0 Å². The summed E-state index contributed by atoms with van der Waals surface area (Å²) in [6.07, 6.45) is -0.216. The number of carbonyl (C=O) groups excluding carboxylic acids is 1. The third-order valence-corrected chi connectivity index (χ3v) is 3.27. The minimum absolute atomic E-state index is 0.229. The van der Waals surface area contributed by atoms with Gasteiger partial charge in [0.1, 0.15) is 5.82 Å². The number of methoxy groups -OCH3 is 1. The Bertz CT molecular complexity index is 670. The molecule has 0 aliphatic carbocycles. The molecule has 1 atom stereocenters. The molecule has 0 fully saturated rings. The van der Waals surface area contributed by atoms with Crippen molar-refractivity contribution in [3.63, 3.8) is 0 Å². The van der Waals surface area contributed by atoms with Crippen molar-refractivity contribution in [1.82, 2.24) is 10.3 Å². The highest BCUT2D eigenvalue weighted by atomic mass is 19.1. The van der Waals surface area contributed by atoms with Gasteiger partial charge in [0.05, 0.1) is 23.8 Å². The maximum atomic E-state index is 13.3. The van der Waals surface area contributed by atoms with Crippen LogP contribution in [0.5, 0.6) is 0 Å². The molecule has 0 radical (unpaired) electrons. The SMILES string of the molecule is COCC(O)CCNC(=O)c1cc(C)nc2cc(F)ccc12. The number of fused-ring (bicyclic) bond motifs is 1. The summed E-state index contributed by atoms with van der Waals surface area (Å²) < 4.78 is 18.1. The Morgan fingerprint density at radius 3 is 2.95 bits per heavy atom. The van der Waals surface area contributed by atoms with Crippen molar-refractivity contribution >= 4 is 16.8 Å². The summed E-state index contributed by atoms with van der Waals surface area (Å²) in [4.78, 5) is 16.5. The minimum atomic E-state index is -0.615. The fraction of sp³-hybridized carbons (Fsp3) is 0.375. The molecule has 0 bridgehead atoms. The maximum absolute atomic E-state index is 13.3. The standard InChI is InChI=1S/C16H19FN2O3/c1-10-7-14(13-4-3-11(17)8-15(13)19-10)16(21)18-6-5-12(20)9-22-2/h3-4,7-8,12,20H,5-6,9H2,1-2H3,(H,18,21). The number of aliphatic hydroxyl groups is 1. The van der Waals surface area contributed by atoms with E-state index >= 15 is 0 Å². The van der Waals surface area contributed by atoms with Crippen LogP contribution in [0, 0.1) is 12.7 Å². The number of aryl methyl sites for hydroxylation is 1. The first-order chi connectivity index (χ1) is 10.5. The number of nitrogens with one attached hydrogen (secondary N) is 1. The Morgan fingerprint density at radius 1 is 1.45 bits per heavy atom. The smallest absolute Gasteiger partial charge is 0.252 e. The first kappa shape index (κ1) is 16.3. The third-order valence-electron chi connectivity index (χ3n) is 3.27. The second-order valence-corrected chi connectivity index (χ2v) is 5.13. The average Bonchev–Trinajstić information content (AvgIpc) is 2.46. The number of amides is 1. The van der Waals surface area contributed by atoms with Crippen molar-refractivity contribution in [3.8, 4) is 0 Å². The molecule has 0 spiro atoms. The first-order valence-corrected chi connectivity index (χ1v) is 7.03. The topological polar surface area (TPSA) is 71.5 Å². The van der Waals surface area contributed by atoms with Gasteiger partial charge in [0.2, 0.25) is 0 Å². The van der Waals surface area contributed by atoms with E-state index in [9.17, 15) is 14.3 Å². The molecule has 2 N–H and O–H groups in total. The van der Waals surface area contributed by atoms with Crippen LogP contribution in [-0.2, 0) is 4.74 Å². The minimum Gasteiger partial charge on any atom is -0.391 e. The summed E-state index contributed by atoms with van der Waals surface area (Å²) in [7, 11) is 1.51. The summed E-state index contributed by atoms with van der Waals surface area (Å²) in [6.45, 7) is 2.31. The molecule has 1 unspecified atom stereocenters. The van der Waals surface area contributed by atoms with E-state index in [2.05, 4.69) is 10.3 Å². The van der Waals surface area contributed by atoms with Crippen LogP contribution < -0.4 is 5.32 Å². The van der Waals surface area contributed by atoms with E-state index in [0.717, 1.165) is 0 Å². The van der Waals surface area contributed by atoms with Gasteiger partial charge in [-0.05, 0) is 31.5 Å². The van der Waals surface area contributed by atoms with Gasteiger partial charge in [-0.1, -0.05) is 0 Å². The number of aromatic nitrogens is 1. The molecule has 2 rings (SSSR count). The number of ether oxygens (including phenoxy) is 1. The van der Waals surface area contributed by atoms with Crippen molar-refractivity contribution < 1.29 is 19.0 Å². The molecule has 1 amide bonds. The van der Waals surface area contributed by atoms with Crippen molar-refractivity contribution in [2.24, 2.45) is 0 Å². The molecule has 0 saturated heterocycles. The van der Waals surface area contributed by atoms with Gasteiger partial charge in [0, 0.05) is 30.8 Å². The lowest BCUT2D eigenvalue weighted by molar-refractivity contribution is 0.0588. The van der Waals surface area contributed by atoms with Gasteiger partial charge in [-0.2, -0.15) is 0 Å². The normalized spacial score (nSPS) is 12.4. The van der Waals surface area contributed by atoms with E-state index in [4.69, 9.17) is 4.74 Å². The Morgan fingerprint density at radius 2 is 2.23 bits per heavy atom. The number of nitrogens with zero attached hydrogens (tertiary/aromatic N) is 1. The zero-order valence-corrected chi connectivity index (χ0v) is 12.6. The number of hydrogen-bond donors (Lipinski definition) is 2. The van der Waals surface area contributed by atoms with Gasteiger partial charge in [-0.25, -0.2) is 4.39 Å². The second-order valence-electron chi connectivity index (χ2n) is 5.13. The lowest BCUT2D eigenvalue weighted by atomic mass is 10.1. The van der Waals surface area contributed by atoms with E-state index in [1.54, 1.807) is 19.1 Å².